The van der Waals surface area contributed by atoms with E-state index in [1.165, 1.54) is 32.3 Å². The van der Waals surface area contributed by atoms with Crippen LogP contribution in [0.3, 0.4) is 0 Å². The zero-order chi connectivity index (χ0) is 36.6. The van der Waals surface area contributed by atoms with Gasteiger partial charge in [0.2, 0.25) is 0 Å². The Bertz CT molecular complexity index is 3370. The van der Waals surface area contributed by atoms with Gasteiger partial charge in [0.15, 0.2) is 0 Å². The molecule has 1 unspecified atom stereocenters. The lowest BCUT2D eigenvalue weighted by Gasteiger charge is -2.12. The standard InChI is InChI=1S/C49H30N4OS/c50-31-32-19-23-36(24-20-32)55(54)37-25-21-35(22-26-37)53-47-30-46-41(38-15-7-9-17-43(38)52(46)34-13-5-2-6-14-34)29-42(47)39-27-28-45-48(49(39)53)40-16-8-10-18-44(40)51(45)33-11-3-1-4-12-33/h1-30H. The zero-order valence-corrected chi connectivity index (χ0v) is 30.2. The van der Waals surface area contributed by atoms with E-state index in [0.717, 1.165) is 50.2 Å². The molecule has 0 radical (unpaired) electrons. The van der Waals surface area contributed by atoms with E-state index in [4.69, 9.17) is 0 Å². The Hall–Kier alpha value is -7.20. The van der Waals surface area contributed by atoms with Crippen molar-refractivity contribution in [3.05, 3.63) is 188 Å². The number of para-hydroxylation sites is 4. The summed E-state index contributed by atoms with van der Waals surface area (Å²) in [6.45, 7) is 0. The van der Waals surface area contributed by atoms with Gasteiger partial charge in [0.05, 0.1) is 55.5 Å². The van der Waals surface area contributed by atoms with Crippen molar-refractivity contribution in [2.75, 3.05) is 0 Å². The first-order valence-corrected chi connectivity index (χ1v) is 19.4. The topological polar surface area (TPSA) is 55.6 Å². The maximum atomic E-state index is 13.7. The molecular weight excluding hydrogens is 693 g/mol. The quantitative estimate of drug-likeness (QED) is 0.178. The molecule has 0 aliphatic heterocycles. The first-order chi connectivity index (χ1) is 27.2. The Morgan fingerprint density at radius 2 is 0.909 bits per heavy atom. The summed E-state index contributed by atoms with van der Waals surface area (Å²) in [5, 5.41) is 16.4. The van der Waals surface area contributed by atoms with Crippen LogP contribution in [0.1, 0.15) is 5.56 Å². The van der Waals surface area contributed by atoms with Gasteiger partial charge in [0.1, 0.15) is 0 Å². The van der Waals surface area contributed by atoms with E-state index < -0.39 is 10.8 Å². The molecule has 0 aliphatic carbocycles. The third-order valence-corrected chi connectivity index (χ3v) is 12.3. The molecule has 0 amide bonds. The minimum atomic E-state index is -1.40. The minimum absolute atomic E-state index is 0.544. The first-order valence-electron chi connectivity index (χ1n) is 18.2. The van der Waals surface area contributed by atoms with Gasteiger partial charge in [-0.2, -0.15) is 5.26 Å². The number of rotatable bonds is 5. The van der Waals surface area contributed by atoms with E-state index in [2.05, 4.69) is 165 Å². The Balaban J connectivity index is 1.25. The average molecular weight is 723 g/mol. The molecule has 258 valence electrons. The number of hydrogen-bond acceptors (Lipinski definition) is 2. The van der Waals surface area contributed by atoms with E-state index >= 15 is 0 Å². The largest absolute Gasteiger partial charge is 0.309 e. The van der Waals surface area contributed by atoms with E-state index in [1.54, 1.807) is 24.3 Å². The predicted octanol–water partition coefficient (Wildman–Crippen LogP) is 12.0. The van der Waals surface area contributed by atoms with Crippen molar-refractivity contribution in [1.29, 1.82) is 5.26 Å². The van der Waals surface area contributed by atoms with Crippen molar-refractivity contribution in [3.63, 3.8) is 0 Å². The molecule has 5 nitrogen and oxygen atoms in total. The molecule has 55 heavy (non-hydrogen) atoms. The number of fused-ring (bicyclic) bond motifs is 10. The molecule has 6 heteroatoms. The predicted molar refractivity (Wildman–Crippen MR) is 225 cm³/mol. The molecular formula is C49H30N4OS. The first kappa shape index (κ1) is 31.3. The SMILES string of the molecule is N#Cc1ccc(S(=O)c2ccc(-n3c4cc5c(cc4c4ccc6c(c7ccccc7n6-c6ccccc6)c43)c3ccccc3n5-c3ccccc3)cc2)cc1. The second-order valence-corrected chi connectivity index (χ2v) is 15.3. The summed E-state index contributed by atoms with van der Waals surface area (Å²) in [6, 6.07) is 65.0. The van der Waals surface area contributed by atoms with Gasteiger partial charge in [0, 0.05) is 59.2 Å². The lowest BCUT2D eigenvalue weighted by Crippen LogP contribution is -1.98. The van der Waals surface area contributed by atoms with E-state index in [0.29, 0.717) is 15.4 Å². The van der Waals surface area contributed by atoms with Crippen molar-refractivity contribution >= 4 is 76.2 Å². The van der Waals surface area contributed by atoms with Gasteiger partial charge in [-0.05, 0) is 103 Å². The molecule has 0 saturated carbocycles. The van der Waals surface area contributed by atoms with Crippen LogP contribution >= 0.6 is 0 Å². The van der Waals surface area contributed by atoms with Crippen molar-refractivity contribution in [1.82, 2.24) is 13.7 Å². The number of nitriles is 1. The van der Waals surface area contributed by atoms with Crippen LogP contribution in [-0.2, 0) is 10.8 Å². The van der Waals surface area contributed by atoms with Crippen LogP contribution in [0, 0.1) is 11.3 Å². The Labute approximate surface area is 318 Å². The summed E-state index contributed by atoms with van der Waals surface area (Å²) >= 11 is 0. The molecule has 8 aromatic carbocycles. The fraction of sp³-hybridized carbons (Fsp3) is 0. The van der Waals surface area contributed by atoms with Crippen molar-refractivity contribution in [2.24, 2.45) is 0 Å². The third-order valence-electron chi connectivity index (χ3n) is 10.9. The van der Waals surface area contributed by atoms with Crippen LogP contribution in [-0.4, -0.2) is 17.9 Å². The normalized spacial score (nSPS) is 12.3. The number of nitrogens with zero attached hydrogens (tertiary/aromatic N) is 4. The van der Waals surface area contributed by atoms with Crippen molar-refractivity contribution < 1.29 is 4.21 Å². The summed E-state index contributed by atoms with van der Waals surface area (Å²) in [4.78, 5) is 1.36. The molecule has 3 heterocycles. The van der Waals surface area contributed by atoms with Crippen LogP contribution in [0.2, 0.25) is 0 Å². The monoisotopic (exact) mass is 722 g/mol. The van der Waals surface area contributed by atoms with Gasteiger partial charge in [-0.1, -0.05) is 78.9 Å². The molecule has 0 saturated heterocycles. The summed E-state index contributed by atoms with van der Waals surface area (Å²) < 4.78 is 20.9. The van der Waals surface area contributed by atoms with Gasteiger partial charge in [-0.25, -0.2) is 4.21 Å². The second kappa shape index (κ2) is 12.2. The number of benzene rings is 8. The third kappa shape index (κ3) is 4.67. The van der Waals surface area contributed by atoms with Gasteiger partial charge in [-0.15, -0.1) is 0 Å². The molecule has 1 atom stereocenters. The summed E-state index contributed by atoms with van der Waals surface area (Å²) in [6.07, 6.45) is 0. The Morgan fingerprint density at radius 1 is 0.400 bits per heavy atom. The van der Waals surface area contributed by atoms with Crippen molar-refractivity contribution in [3.8, 4) is 23.1 Å². The zero-order valence-electron chi connectivity index (χ0n) is 29.4. The maximum absolute atomic E-state index is 13.7. The van der Waals surface area contributed by atoms with Gasteiger partial charge < -0.3 is 13.7 Å². The second-order valence-electron chi connectivity index (χ2n) is 13.9. The van der Waals surface area contributed by atoms with Crippen LogP contribution in [0.5, 0.6) is 0 Å². The molecule has 0 aliphatic rings. The molecule has 0 spiro atoms. The van der Waals surface area contributed by atoms with Crippen molar-refractivity contribution in [2.45, 2.75) is 9.79 Å². The fourth-order valence-electron chi connectivity index (χ4n) is 8.50. The minimum Gasteiger partial charge on any atom is -0.309 e. The summed E-state index contributed by atoms with van der Waals surface area (Å²) in [5.74, 6) is 0. The lowest BCUT2D eigenvalue weighted by molar-refractivity contribution is 0.683. The summed E-state index contributed by atoms with van der Waals surface area (Å²) in [7, 11) is -1.40. The van der Waals surface area contributed by atoms with Gasteiger partial charge in [-0.3, -0.25) is 0 Å². The molecule has 0 N–H and O–H groups in total. The highest BCUT2D eigenvalue weighted by Gasteiger charge is 2.23. The molecule has 11 aromatic rings. The average Bonchev–Trinajstić information content (AvgIpc) is 3.88. The lowest BCUT2D eigenvalue weighted by atomic mass is 10.1. The van der Waals surface area contributed by atoms with E-state index in [9.17, 15) is 9.47 Å². The van der Waals surface area contributed by atoms with Crippen LogP contribution in [0.15, 0.2) is 192 Å². The molecule has 3 aromatic heterocycles. The number of aromatic nitrogens is 3. The summed E-state index contributed by atoms with van der Waals surface area (Å²) in [5.41, 5.74) is 10.5. The Morgan fingerprint density at radius 3 is 1.56 bits per heavy atom. The fourth-order valence-corrected chi connectivity index (χ4v) is 9.54. The highest BCUT2D eigenvalue weighted by Crippen LogP contribution is 2.44. The van der Waals surface area contributed by atoms with Crippen LogP contribution in [0.25, 0.3) is 82.5 Å². The number of hydrogen-bond donors (Lipinski definition) is 0. The molecule has 11 rings (SSSR count). The highest BCUT2D eigenvalue weighted by molar-refractivity contribution is 7.85. The maximum Gasteiger partial charge on any atom is 0.0991 e. The molecule has 0 fully saturated rings. The van der Waals surface area contributed by atoms with E-state index in [-0.39, 0.29) is 0 Å². The van der Waals surface area contributed by atoms with Gasteiger partial charge in [0.25, 0.3) is 0 Å². The Kier molecular flexibility index (Phi) is 6.94. The van der Waals surface area contributed by atoms with E-state index in [1.807, 2.05) is 12.1 Å². The smallest absolute Gasteiger partial charge is 0.0991 e. The van der Waals surface area contributed by atoms with Crippen LogP contribution < -0.4 is 0 Å². The van der Waals surface area contributed by atoms with Crippen LogP contribution in [0.4, 0.5) is 0 Å². The van der Waals surface area contributed by atoms with Gasteiger partial charge >= 0.3 is 0 Å². The highest BCUT2D eigenvalue weighted by atomic mass is 32.2. The molecule has 0 bridgehead atoms.